The second-order valence-electron chi connectivity index (χ2n) is 4.21. The third-order valence-corrected chi connectivity index (χ3v) is 6.02. The summed E-state index contributed by atoms with van der Waals surface area (Å²) in [5.41, 5.74) is -1.31. The second kappa shape index (κ2) is 7.58. The monoisotopic (exact) mass is 320 g/mol. The fourth-order valence-electron chi connectivity index (χ4n) is 1.99. The van der Waals surface area contributed by atoms with Gasteiger partial charge in [-0.2, -0.15) is 0 Å². The normalized spacial score (nSPS) is 15.1. The molecule has 0 N–H and O–H groups in total. The summed E-state index contributed by atoms with van der Waals surface area (Å²) in [5, 5.41) is 1.11. The SMILES string of the molecule is CCOC(C)(OCC)P(=O)(OCC)c1ccc(Cl)cc1. The Bertz CT molecular complexity index is 455. The lowest BCUT2D eigenvalue weighted by Gasteiger charge is -2.36. The average Bonchev–Trinajstić information content (AvgIpc) is 2.40. The van der Waals surface area contributed by atoms with Gasteiger partial charge in [-0.25, -0.2) is 0 Å². The van der Waals surface area contributed by atoms with Crippen LogP contribution in [0.4, 0.5) is 0 Å². The molecule has 114 valence electrons. The van der Waals surface area contributed by atoms with Crippen LogP contribution < -0.4 is 5.30 Å². The largest absolute Gasteiger partial charge is 0.342 e. The molecule has 0 saturated carbocycles. The molecule has 1 atom stereocenters. The fraction of sp³-hybridized carbons (Fsp3) is 0.571. The number of ether oxygens (including phenoxy) is 2. The predicted molar refractivity (Wildman–Crippen MR) is 82.0 cm³/mol. The van der Waals surface area contributed by atoms with Crippen LogP contribution in [-0.4, -0.2) is 25.3 Å². The summed E-state index contributed by atoms with van der Waals surface area (Å²) in [5.74, 6) is 0. The Morgan fingerprint density at radius 1 is 1.05 bits per heavy atom. The summed E-state index contributed by atoms with van der Waals surface area (Å²) in [7, 11) is -3.35. The van der Waals surface area contributed by atoms with Crippen LogP contribution >= 0.6 is 19.0 Å². The van der Waals surface area contributed by atoms with E-state index in [4.69, 9.17) is 25.6 Å². The van der Waals surface area contributed by atoms with Crippen molar-refractivity contribution in [2.75, 3.05) is 19.8 Å². The lowest BCUT2D eigenvalue weighted by Crippen LogP contribution is -2.37. The van der Waals surface area contributed by atoms with Crippen LogP contribution in [0.2, 0.25) is 5.02 Å². The highest BCUT2D eigenvalue weighted by Gasteiger charge is 2.49. The molecule has 0 aliphatic heterocycles. The van der Waals surface area contributed by atoms with Gasteiger partial charge in [0, 0.05) is 30.5 Å². The molecule has 0 bridgehead atoms. The molecular weight excluding hydrogens is 299 g/mol. The highest BCUT2D eigenvalue weighted by Crippen LogP contribution is 2.59. The van der Waals surface area contributed by atoms with E-state index in [9.17, 15) is 4.57 Å². The molecule has 20 heavy (non-hydrogen) atoms. The predicted octanol–water partition coefficient (Wildman–Crippen LogP) is 4.03. The Labute approximate surface area is 125 Å². The molecule has 0 spiro atoms. The molecule has 0 aliphatic rings. The van der Waals surface area contributed by atoms with Crippen molar-refractivity contribution >= 4 is 24.3 Å². The molecule has 0 amide bonds. The van der Waals surface area contributed by atoms with Gasteiger partial charge in [-0.3, -0.25) is 4.57 Å². The van der Waals surface area contributed by atoms with Gasteiger partial charge in [-0.15, -0.1) is 0 Å². The van der Waals surface area contributed by atoms with Crippen molar-refractivity contribution in [3.63, 3.8) is 0 Å². The number of hydrogen-bond donors (Lipinski definition) is 0. The molecular formula is C14H22ClO4P. The van der Waals surface area contributed by atoms with Gasteiger partial charge in [0.1, 0.15) is 0 Å². The molecule has 0 aliphatic carbocycles. The van der Waals surface area contributed by atoms with Crippen molar-refractivity contribution in [3.05, 3.63) is 29.3 Å². The Balaban J connectivity index is 3.30. The number of rotatable bonds is 8. The molecule has 0 aromatic heterocycles. The van der Waals surface area contributed by atoms with Crippen LogP contribution in [0.3, 0.4) is 0 Å². The lowest BCUT2D eigenvalue weighted by molar-refractivity contribution is -0.166. The first-order chi connectivity index (χ1) is 9.43. The van der Waals surface area contributed by atoms with Gasteiger partial charge in [0.15, 0.2) is 0 Å². The third-order valence-electron chi connectivity index (χ3n) is 2.84. The molecule has 0 saturated heterocycles. The highest BCUT2D eigenvalue weighted by atomic mass is 35.5. The zero-order valence-electron chi connectivity index (χ0n) is 12.4. The van der Waals surface area contributed by atoms with E-state index in [0.717, 1.165) is 0 Å². The van der Waals surface area contributed by atoms with E-state index in [1.54, 1.807) is 38.1 Å². The van der Waals surface area contributed by atoms with Crippen molar-refractivity contribution in [2.24, 2.45) is 0 Å². The maximum absolute atomic E-state index is 13.4. The van der Waals surface area contributed by atoms with E-state index in [2.05, 4.69) is 0 Å². The molecule has 6 heteroatoms. The summed E-state index contributed by atoms with van der Waals surface area (Å²) in [6.45, 7) is 8.16. The number of hydrogen-bond acceptors (Lipinski definition) is 4. The quantitative estimate of drug-likeness (QED) is 0.536. The molecule has 1 rings (SSSR count). The highest BCUT2D eigenvalue weighted by molar-refractivity contribution is 7.68. The topological polar surface area (TPSA) is 44.8 Å². The van der Waals surface area contributed by atoms with E-state index in [0.29, 0.717) is 30.1 Å². The molecule has 1 aromatic rings. The molecule has 4 nitrogen and oxygen atoms in total. The number of halogens is 1. The zero-order valence-corrected chi connectivity index (χ0v) is 14.0. The lowest BCUT2D eigenvalue weighted by atomic mass is 10.4. The summed E-state index contributed by atoms with van der Waals surface area (Å²) in [4.78, 5) is 0. The van der Waals surface area contributed by atoms with Crippen LogP contribution in [0.25, 0.3) is 0 Å². The summed E-state index contributed by atoms with van der Waals surface area (Å²) < 4.78 is 30.3. The van der Waals surface area contributed by atoms with Crippen molar-refractivity contribution < 1.29 is 18.6 Å². The van der Waals surface area contributed by atoms with Crippen molar-refractivity contribution in [1.29, 1.82) is 0 Å². The van der Waals surface area contributed by atoms with Crippen molar-refractivity contribution in [1.82, 2.24) is 0 Å². The Hall–Kier alpha value is -0.380. The first kappa shape index (κ1) is 17.7. The Kier molecular flexibility index (Phi) is 6.70. The van der Waals surface area contributed by atoms with Crippen LogP contribution in [0.15, 0.2) is 24.3 Å². The summed E-state index contributed by atoms with van der Waals surface area (Å²) >= 11 is 5.88. The smallest absolute Gasteiger partial charge is 0.289 e. The molecule has 1 aromatic carbocycles. The maximum Gasteiger partial charge on any atom is 0.289 e. The Morgan fingerprint density at radius 2 is 1.55 bits per heavy atom. The van der Waals surface area contributed by atoms with E-state index in [1.165, 1.54) is 0 Å². The van der Waals surface area contributed by atoms with Gasteiger partial charge >= 0.3 is 0 Å². The fourth-order valence-corrected chi connectivity index (χ4v) is 4.47. The van der Waals surface area contributed by atoms with Gasteiger partial charge < -0.3 is 14.0 Å². The molecule has 1 unspecified atom stereocenters. The van der Waals surface area contributed by atoms with E-state index >= 15 is 0 Å². The average molecular weight is 321 g/mol. The maximum atomic E-state index is 13.4. The van der Waals surface area contributed by atoms with Gasteiger partial charge in [0.25, 0.3) is 7.37 Å². The van der Waals surface area contributed by atoms with Gasteiger partial charge in [-0.1, -0.05) is 11.6 Å². The summed E-state index contributed by atoms with van der Waals surface area (Å²) in [6, 6.07) is 6.74. The van der Waals surface area contributed by atoms with Crippen LogP contribution in [-0.2, 0) is 18.6 Å². The molecule has 0 fully saturated rings. The Morgan fingerprint density at radius 3 is 1.95 bits per heavy atom. The van der Waals surface area contributed by atoms with E-state index < -0.39 is 12.9 Å². The number of benzene rings is 1. The van der Waals surface area contributed by atoms with Crippen molar-refractivity contribution in [2.45, 2.75) is 33.2 Å². The minimum atomic E-state index is -3.35. The van der Waals surface area contributed by atoms with Crippen LogP contribution in [0.5, 0.6) is 0 Å². The third kappa shape index (κ3) is 3.63. The zero-order chi connectivity index (χ0) is 15.2. The van der Waals surface area contributed by atoms with E-state index in [1.807, 2.05) is 13.8 Å². The van der Waals surface area contributed by atoms with Crippen LogP contribution in [0, 0.1) is 0 Å². The first-order valence-electron chi connectivity index (χ1n) is 6.72. The van der Waals surface area contributed by atoms with Crippen LogP contribution in [0.1, 0.15) is 27.7 Å². The first-order valence-corrected chi connectivity index (χ1v) is 8.72. The minimum absolute atomic E-state index is 0.301. The molecule has 0 heterocycles. The van der Waals surface area contributed by atoms with E-state index in [-0.39, 0.29) is 0 Å². The van der Waals surface area contributed by atoms with Gasteiger partial charge in [-0.05, 0) is 45.0 Å². The van der Waals surface area contributed by atoms with Gasteiger partial charge in [0.2, 0.25) is 5.53 Å². The second-order valence-corrected chi connectivity index (χ2v) is 7.34. The standard InChI is InChI=1S/C14H22ClO4P/c1-5-17-14(4,18-6-2)20(16,19-7-3)13-10-8-12(15)9-11-13/h8-11H,5-7H2,1-4H3. The van der Waals surface area contributed by atoms with Crippen molar-refractivity contribution in [3.8, 4) is 0 Å². The molecule has 0 radical (unpaired) electrons. The minimum Gasteiger partial charge on any atom is -0.342 e. The summed E-state index contributed by atoms with van der Waals surface area (Å²) in [6.07, 6.45) is 0. The van der Waals surface area contributed by atoms with Gasteiger partial charge in [0.05, 0.1) is 6.61 Å².